The lowest BCUT2D eigenvalue weighted by molar-refractivity contribution is 0.360. The molecule has 0 spiro atoms. The van der Waals surface area contributed by atoms with Gasteiger partial charge >= 0.3 is 0 Å². The van der Waals surface area contributed by atoms with Gasteiger partial charge in [0, 0.05) is 5.39 Å². The Morgan fingerprint density at radius 2 is 0.826 bits per heavy atom. The van der Waals surface area contributed by atoms with E-state index in [2.05, 4.69) is 60.7 Å². The fourth-order valence-corrected chi connectivity index (χ4v) is 3.73. The smallest absolute Gasteiger partial charge is 0.186 e. The van der Waals surface area contributed by atoms with E-state index in [4.69, 9.17) is 0 Å². The van der Waals surface area contributed by atoms with Gasteiger partial charge in [-0.3, -0.25) is 5.11 Å². The second-order valence-corrected chi connectivity index (χ2v) is 5.93. The SMILES string of the molecule is [O]c1cccc2c1ccc1c3ccccc3c3ccccc3c21. The van der Waals surface area contributed by atoms with Gasteiger partial charge in [-0.05, 0) is 49.8 Å². The van der Waals surface area contributed by atoms with Gasteiger partial charge in [-0.1, -0.05) is 66.7 Å². The summed E-state index contributed by atoms with van der Waals surface area (Å²) in [5, 5.41) is 21.4. The molecule has 0 N–H and O–H groups in total. The van der Waals surface area contributed by atoms with Crippen LogP contribution < -0.4 is 0 Å². The Morgan fingerprint density at radius 3 is 1.52 bits per heavy atom. The lowest BCUT2D eigenvalue weighted by Gasteiger charge is -2.12. The van der Waals surface area contributed by atoms with Crippen molar-refractivity contribution in [1.29, 1.82) is 0 Å². The van der Waals surface area contributed by atoms with Crippen LogP contribution in [-0.2, 0) is 5.11 Å². The summed E-state index contributed by atoms with van der Waals surface area (Å²) in [6, 6.07) is 26.5. The van der Waals surface area contributed by atoms with Crippen molar-refractivity contribution in [2.75, 3.05) is 0 Å². The van der Waals surface area contributed by atoms with Crippen molar-refractivity contribution in [2.45, 2.75) is 0 Å². The molecule has 0 aliphatic rings. The first-order chi connectivity index (χ1) is 11.3. The molecule has 0 fully saturated rings. The third kappa shape index (κ3) is 1.62. The molecule has 1 radical (unpaired) electrons. The minimum absolute atomic E-state index is 0.0849. The second-order valence-electron chi connectivity index (χ2n) is 5.93. The largest absolute Gasteiger partial charge is 0.289 e. The molecule has 0 bridgehead atoms. The van der Waals surface area contributed by atoms with E-state index in [-0.39, 0.29) is 5.75 Å². The van der Waals surface area contributed by atoms with Crippen LogP contribution in [0.2, 0.25) is 0 Å². The van der Waals surface area contributed by atoms with E-state index in [1.165, 1.54) is 32.3 Å². The van der Waals surface area contributed by atoms with Crippen molar-refractivity contribution < 1.29 is 5.11 Å². The first-order valence-corrected chi connectivity index (χ1v) is 7.76. The molecule has 0 amide bonds. The van der Waals surface area contributed by atoms with Gasteiger partial charge in [-0.2, -0.15) is 0 Å². The molecule has 0 heterocycles. The average Bonchev–Trinajstić information content (AvgIpc) is 2.62. The summed E-state index contributed by atoms with van der Waals surface area (Å²) in [6.45, 7) is 0. The standard InChI is InChI=1S/C22H13O/c23-21-11-5-10-19-17(21)12-13-20-16-8-2-1-6-14(16)15-7-3-4-9-18(15)22(19)20/h1-13H. The fourth-order valence-electron chi connectivity index (χ4n) is 3.73. The molecule has 23 heavy (non-hydrogen) atoms. The van der Waals surface area contributed by atoms with Crippen LogP contribution >= 0.6 is 0 Å². The van der Waals surface area contributed by atoms with Gasteiger partial charge in [0.1, 0.15) is 0 Å². The Kier molecular flexibility index (Phi) is 2.42. The van der Waals surface area contributed by atoms with Crippen molar-refractivity contribution in [3.63, 3.8) is 0 Å². The second kappa shape index (κ2) is 4.47. The van der Waals surface area contributed by atoms with E-state index in [0.717, 1.165) is 10.8 Å². The van der Waals surface area contributed by atoms with Gasteiger partial charge in [0.15, 0.2) is 5.75 Å². The highest BCUT2D eigenvalue weighted by Gasteiger charge is 2.12. The summed E-state index contributed by atoms with van der Waals surface area (Å²) < 4.78 is 0. The van der Waals surface area contributed by atoms with E-state index in [1.807, 2.05) is 12.1 Å². The number of hydrogen-bond acceptors (Lipinski definition) is 0. The van der Waals surface area contributed by atoms with Crippen LogP contribution in [0.5, 0.6) is 5.75 Å². The highest BCUT2D eigenvalue weighted by Crippen LogP contribution is 2.40. The van der Waals surface area contributed by atoms with Crippen molar-refractivity contribution in [1.82, 2.24) is 0 Å². The van der Waals surface area contributed by atoms with Crippen LogP contribution in [0.4, 0.5) is 0 Å². The highest BCUT2D eigenvalue weighted by atomic mass is 16.3. The number of fused-ring (bicyclic) bond motifs is 8. The van der Waals surface area contributed by atoms with Crippen LogP contribution in [0.15, 0.2) is 78.9 Å². The predicted molar refractivity (Wildman–Crippen MR) is 96.6 cm³/mol. The van der Waals surface area contributed by atoms with Crippen molar-refractivity contribution in [2.24, 2.45) is 0 Å². The van der Waals surface area contributed by atoms with E-state index >= 15 is 0 Å². The van der Waals surface area contributed by atoms with Gasteiger partial charge in [0.2, 0.25) is 0 Å². The van der Waals surface area contributed by atoms with Crippen molar-refractivity contribution >= 4 is 43.1 Å². The van der Waals surface area contributed by atoms with E-state index in [1.54, 1.807) is 6.07 Å². The molecule has 0 saturated heterocycles. The van der Waals surface area contributed by atoms with Crippen LogP contribution in [0.1, 0.15) is 0 Å². The van der Waals surface area contributed by atoms with E-state index < -0.39 is 0 Å². The first kappa shape index (κ1) is 12.5. The molecule has 5 rings (SSSR count). The zero-order valence-corrected chi connectivity index (χ0v) is 12.4. The Morgan fingerprint density at radius 1 is 0.391 bits per heavy atom. The molecule has 5 aromatic carbocycles. The maximum atomic E-state index is 12.2. The van der Waals surface area contributed by atoms with Gasteiger partial charge in [0.25, 0.3) is 0 Å². The van der Waals surface area contributed by atoms with Crippen LogP contribution in [0, 0.1) is 0 Å². The average molecular weight is 293 g/mol. The minimum atomic E-state index is 0.0849. The molecule has 0 aliphatic heterocycles. The van der Waals surface area contributed by atoms with Gasteiger partial charge < -0.3 is 0 Å². The summed E-state index contributed by atoms with van der Waals surface area (Å²) in [6.07, 6.45) is 0. The summed E-state index contributed by atoms with van der Waals surface area (Å²) in [7, 11) is 0. The van der Waals surface area contributed by atoms with Crippen LogP contribution in [0.25, 0.3) is 43.1 Å². The lowest BCUT2D eigenvalue weighted by atomic mass is 9.91. The lowest BCUT2D eigenvalue weighted by Crippen LogP contribution is -1.85. The first-order valence-electron chi connectivity index (χ1n) is 7.76. The van der Waals surface area contributed by atoms with Crippen molar-refractivity contribution in [3.05, 3.63) is 78.9 Å². The third-order valence-electron chi connectivity index (χ3n) is 4.73. The van der Waals surface area contributed by atoms with Crippen LogP contribution in [-0.4, -0.2) is 0 Å². The monoisotopic (exact) mass is 293 g/mol. The van der Waals surface area contributed by atoms with Gasteiger partial charge in [-0.15, -0.1) is 0 Å². The van der Waals surface area contributed by atoms with Gasteiger partial charge in [0.05, 0.1) is 0 Å². The van der Waals surface area contributed by atoms with E-state index in [9.17, 15) is 5.11 Å². The number of rotatable bonds is 0. The zero-order valence-electron chi connectivity index (χ0n) is 12.4. The highest BCUT2D eigenvalue weighted by molar-refractivity contribution is 6.31. The molecule has 0 unspecified atom stereocenters. The molecule has 0 aromatic heterocycles. The molecule has 0 saturated carbocycles. The third-order valence-corrected chi connectivity index (χ3v) is 4.73. The minimum Gasteiger partial charge on any atom is -0.289 e. The summed E-state index contributed by atoms with van der Waals surface area (Å²) >= 11 is 0. The molecule has 0 aliphatic carbocycles. The van der Waals surface area contributed by atoms with Crippen molar-refractivity contribution in [3.8, 4) is 5.75 Å². The maximum absolute atomic E-state index is 12.2. The Labute approximate surface area is 133 Å². The Balaban J connectivity index is 2.22. The quantitative estimate of drug-likeness (QED) is 0.293. The zero-order chi connectivity index (χ0) is 15.4. The predicted octanol–water partition coefficient (Wildman–Crippen LogP) is 6.44. The van der Waals surface area contributed by atoms with Crippen LogP contribution in [0.3, 0.4) is 0 Å². The maximum Gasteiger partial charge on any atom is 0.186 e. The number of benzene rings is 5. The molecule has 1 nitrogen and oxygen atoms in total. The Hall–Kier alpha value is -3.06. The summed E-state index contributed by atoms with van der Waals surface area (Å²) in [4.78, 5) is 0. The Bertz CT molecular complexity index is 1180. The summed E-state index contributed by atoms with van der Waals surface area (Å²) in [5.41, 5.74) is 0. The summed E-state index contributed by atoms with van der Waals surface area (Å²) in [5.74, 6) is 0.0849. The normalized spacial score (nSPS) is 11.7. The molecular weight excluding hydrogens is 280 g/mol. The molecule has 107 valence electrons. The van der Waals surface area contributed by atoms with Gasteiger partial charge in [-0.25, -0.2) is 0 Å². The topological polar surface area (TPSA) is 19.9 Å². The molecular formula is C22H13O. The molecule has 0 atom stereocenters. The van der Waals surface area contributed by atoms with E-state index in [0.29, 0.717) is 0 Å². The fraction of sp³-hybridized carbons (Fsp3) is 0. The molecule has 1 heteroatoms. The molecule has 5 aromatic rings. The number of hydrogen-bond donors (Lipinski definition) is 0.